The Balaban J connectivity index is 1.21. The minimum atomic E-state index is 0.587. The molecule has 2 aromatic heterocycles. The number of hydrogen-bond donors (Lipinski definition) is 0. The standard InChI is InChI=1S/C49H28N4S/c1-2-13-31-28-43-40(26-30(31)12-1)37-21-9-15-29-16-10-24-42(45(29)37)53(43)49-51-47(39-23-11-22-38-36-20-7-8-25-44(36)54-46(38)39)50-48(52-49)41-27-32-14-3-4-17-33(32)34-18-5-6-19-35(34)41/h1-28H. The first-order valence-electron chi connectivity index (χ1n) is 18.2. The topological polar surface area (TPSA) is 41.9 Å². The van der Waals surface area contributed by atoms with Gasteiger partial charge in [-0.25, -0.2) is 4.98 Å². The fourth-order valence-electron chi connectivity index (χ4n) is 8.57. The largest absolute Gasteiger partial charge is 0.278 e. The van der Waals surface area contributed by atoms with Gasteiger partial charge < -0.3 is 0 Å². The van der Waals surface area contributed by atoms with E-state index in [9.17, 15) is 0 Å². The quantitative estimate of drug-likeness (QED) is 0.172. The summed E-state index contributed by atoms with van der Waals surface area (Å²) in [6, 6.07) is 60.9. The number of hydrogen-bond acceptors (Lipinski definition) is 5. The Morgan fingerprint density at radius 3 is 1.81 bits per heavy atom. The van der Waals surface area contributed by atoms with Gasteiger partial charge in [0.25, 0.3) is 0 Å². The predicted octanol–water partition coefficient (Wildman–Crippen LogP) is 13.6. The van der Waals surface area contributed by atoms with Crippen molar-refractivity contribution in [2.24, 2.45) is 0 Å². The summed E-state index contributed by atoms with van der Waals surface area (Å²) in [5.41, 5.74) is 6.45. The number of thiophene rings is 1. The van der Waals surface area contributed by atoms with Crippen LogP contribution in [0.2, 0.25) is 0 Å². The number of nitrogens with zero attached hydrogens (tertiary/aromatic N) is 4. The highest BCUT2D eigenvalue weighted by atomic mass is 32.1. The highest BCUT2D eigenvalue weighted by Gasteiger charge is 2.30. The summed E-state index contributed by atoms with van der Waals surface area (Å²) in [6.45, 7) is 0. The SMILES string of the molecule is c1ccc2cc3c(cc2c1)-c1cccc2cccc(c12)N3c1nc(-c2cc3ccccc3c3ccccc23)nc(-c2cccc3c2sc2ccccc23)n1. The summed E-state index contributed by atoms with van der Waals surface area (Å²) in [5.74, 6) is 1.88. The van der Waals surface area contributed by atoms with Crippen molar-refractivity contribution < 1.29 is 0 Å². The third-order valence-electron chi connectivity index (χ3n) is 11.0. The van der Waals surface area contributed by atoms with Crippen molar-refractivity contribution in [3.8, 4) is 33.9 Å². The van der Waals surface area contributed by atoms with Gasteiger partial charge in [-0.2, -0.15) is 9.97 Å². The molecule has 0 aliphatic carbocycles. The molecule has 1 aliphatic rings. The van der Waals surface area contributed by atoms with Crippen LogP contribution < -0.4 is 4.90 Å². The van der Waals surface area contributed by atoms with Gasteiger partial charge in [0, 0.05) is 42.2 Å². The molecule has 1 aliphatic heterocycles. The fourth-order valence-corrected chi connectivity index (χ4v) is 9.79. The smallest absolute Gasteiger partial charge is 0.238 e. The number of benzene rings is 9. The first kappa shape index (κ1) is 29.6. The molecule has 250 valence electrons. The molecular formula is C49H28N4S. The zero-order chi connectivity index (χ0) is 35.3. The van der Waals surface area contributed by atoms with Crippen LogP contribution in [0.4, 0.5) is 17.3 Å². The first-order chi connectivity index (χ1) is 26.8. The van der Waals surface area contributed by atoms with E-state index in [-0.39, 0.29) is 0 Å². The molecule has 0 spiro atoms. The molecule has 0 N–H and O–H groups in total. The Hall–Kier alpha value is -6.95. The molecule has 0 unspecified atom stereocenters. The molecule has 11 aromatic rings. The van der Waals surface area contributed by atoms with Crippen molar-refractivity contribution in [3.63, 3.8) is 0 Å². The molecule has 0 amide bonds. The van der Waals surface area contributed by atoms with E-state index in [4.69, 9.17) is 15.0 Å². The highest BCUT2D eigenvalue weighted by molar-refractivity contribution is 7.26. The lowest BCUT2D eigenvalue weighted by molar-refractivity contribution is 1.03. The second-order valence-electron chi connectivity index (χ2n) is 14.0. The van der Waals surface area contributed by atoms with Gasteiger partial charge in [-0.1, -0.05) is 133 Å². The Bertz CT molecular complexity index is 3360. The molecule has 3 heterocycles. The number of anilines is 3. The zero-order valence-electron chi connectivity index (χ0n) is 28.9. The lowest BCUT2D eigenvalue weighted by Gasteiger charge is -2.32. The second kappa shape index (κ2) is 11.3. The molecule has 0 bridgehead atoms. The molecule has 9 aromatic carbocycles. The minimum absolute atomic E-state index is 0.587. The summed E-state index contributed by atoms with van der Waals surface area (Å²) in [7, 11) is 0. The van der Waals surface area contributed by atoms with Gasteiger partial charge >= 0.3 is 0 Å². The fraction of sp³-hybridized carbons (Fsp3) is 0. The molecule has 4 nitrogen and oxygen atoms in total. The van der Waals surface area contributed by atoms with Crippen LogP contribution in [0.5, 0.6) is 0 Å². The molecule has 0 radical (unpaired) electrons. The van der Waals surface area contributed by atoms with Gasteiger partial charge in [-0.3, -0.25) is 4.90 Å². The summed E-state index contributed by atoms with van der Waals surface area (Å²) < 4.78 is 2.41. The van der Waals surface area contributed by atoms with Crippen LogP contribution in [0, 0.1) is 0 Å². The van der Waals surface area contributed by atoms with E-state index in [1.54, 1.807) is 11.3 Å². The Morgan fingerprint density at radius 2 is 0.963 bits per heavy atom. The van der Waals surface area contributed by atoms with Gasteiger partial charge in [0.1, 0.15) is 0 Å². The lowest BCUT2D eigenvalue weighted by atomic mass is 9.90. The van der Waals surface area contributed by atoms with E-state index >= 15 is 0 Å². The van der Waals surface area contributed by atoms with E-state index in [0.29, 0.717) is 17.6 Å². The number of fused-ring (bicyclic) bond motifs is 9. The monoisotopic (exact) mass is 704 g/mol. The molecule has 0 atom stereocenters. The molecular weight excluding hydrogens is 677 g/mol. The maximum atomic E-state index is 5.48. The zero-order valence-corrected chi connectivity index (χ0v) is 29.7. The Morgan fingerprint density at radius 1 is 0.370 bits per heavy atom. The van der Waals surface area contributed by atoms with Gasteiger partial charge in [0.15, 0.2) is 11.6 Å². The number of aromatic nitrogens is 3. The minimum Gasteiger partial charge on any atom is -0.278 e. The van der Waals surface area contributed by atoms with Crippen LogP contribution in [0.25, 0.3) is 97.2 Å². The first-order valence-corrected chi connectivity index (χ1v) is 19.0. The summed E-state index contributed by atoms with van der Waals surface area (Å²) >= 11 is 1.79. The van der Waals surface area contributed by atoms with Crippen LogP contribution in [-0.2, 0) is 0 Å². The Kier molecular flexibility index (Phi) is 6.18. The van der Waals surface area contributed by atoms with Crippen LogP contribution >= 0.6 is 11.3 Å². The van der Waals surface area contributed by atoms with Crippen molar-refractivity contribution in [2.45, 2.75) is 0 Å². The summed E-state index contributed by atoms with van der Waals surface area (Å²) in [4.78, 5) is 18.6. The van der Waals surface area contributed by atoms with Gasteiger partial charge in [0.2, 0.25) is 5.95 Å². The maximum absolute atomic E-state index is 5.48. The van der Waals surface area contributed by atoms with Gasteiger partial charge in [-0.15, -0.1) is 11.3 Å². The second-order valence-corrected chi connectivity index (χ2v) is 15.0. The molecule has 54 heavy (non-hydrogen) atoms. The third kappa shape index (κ3) is 4.27. The summed E-state index contributed by atoms with van der Waals surface area (Å²) in [6.07, 6.45) is 0. The van der Waals surface area contributed by atoms with Crippen LogP contribution in [0.3, 0.4) is 0 Å². The average Bonchev–Trinajstić information content (AvgIpc) is 3.62. The van der Waals surface area contributed by atoms with E-state index in [0.717, 1.165) is 44.2 Å². The molecule has 0 fully saturated rings. The molecule has 12 rings (SSSR count). The lowest BCUT2D eigenvalue weighted by Crippen LogP contribution is -2.19. The van der Waals surface area contributed by atoms with Gasteiger partial charge in [0.05, 0.1) is 11.4 Å². The van der Waals surface area contributed by atoms with Crippen molar-refractivity contribution in [1.29, 1.82) is 0 Å². The van der Waals surface area contributed by atoms with Crippen LogP contribution in [-0.4, -0.2) is 15.0 Å². The van der Waals surface area contributed by atoms with Crippen molar-refractivity contribution in [1.82, 2.24) is 15.0 Å². The van der Waals surface area contributed by atoms with E-state index in [1.165, 1.54) is 52.7 Å². The van der Waals surface area contributed by atoms with Crippen LogP contribution in [0.15, 0.2) is 170 Å². The van der Waals surface area contributed by atoms with Gasteiger partial charge in [-0.05, 0) is 79.7 Å². The van der Waals surface area contributed by atoms with E-state index in [1.807, 2.05) is 0 Å². The third-order valence-corrected chi connectivity index (χ3v) is 12.2. The average molecular weight is 705 g/mol. The Labute approximate surface area is 314 Å². The van der Waals surface area contributed by atoms with Crippen molar-refractivity contribution >= 4 is 91.9 Å². The van der Waals surface area contributed by atoms with Crippen molar-refractivity contribution in [2.75, 3.05) is 4.90 Å². The predicted molar refractivity (Wildman–Crippen MR) is 227 cm³/mol. The summed E-state index contributed by atoms with van der Waals surface area (Å²) in [5, 5.41) is 11.8. The van der Waals surface area contributed by atoms with Crippen molar-refractivity contribution in [3.05, 3.63) is 170 Å². The maximum Gasteiger partial charge on any atom is 0.238 e. The molecule has 0 saturated carbocycles. The van der Waals surface area contributed by atoms with E-state index in [2.05, 4.69) is 175 Å². The number of rotatable bonds is 3. The molecule has 5 heteroatoms. The highest BCUT2D eigenvalue weighted by Crippen LogP contribution is 2.52. The van der Waals surface area contributed by atoms with Crippen LogP contribution in [0.1, 0.15) is 0 Å². The normalized spacial score (nSPS) is 12.4. The van der Waals surface area contributed by atoms with E-state index < -0.39 is 0 Å². The molecule has 0 saturated heterocycles.